The van der Waals surface area contributed by atoms with E-state index in [0.29, 0.717) is 38.5 Å². The molecule has 1 aliphatic rings. The summed E-state index contributed by atoms with van der Waals surface area (Å²) in [4.78, 5) is 12.7. The third-order valence-electron chi connectivity index (χ3n) is 4.40. The SMILES string of the molecule is CC(O)(CN1CCOCC1)c1ccccc1OCCCCCC(=O)O. The van der Waals surface area contributed by atoms with Crippen LogP contribution in [-0.2, 0) is 15.1 Å². The van der Waals surface area contributed by atoms with E-state index in [0.717, 1.165) is 31.5 Å². The first kappa shape index (κ1) is 19.7. The number of β-amino-alcohol motifs (C(OH)–C–C–N with tert-alkyl or cyclic N) is 1. The van der Waals surface area contributed by atoms with Gasteiger partial charge in [-0.1, -0.05) is 18.2 Å². The van der Waals surface area contributed by atoms with Gasteiger partial charge in [-0.3, -0.25) is 9.69 Å². The molecule has 1 unspecified atom stereocenters. The predicted molar refractivity (Wildman–Crippen MR) is 94.9 cm³/mol. The van der Waals surface area contributed by atoms with Gasteiger partial charge in [0.25, 0.3) is 0 Å². The second-order valence-corrected chi connectivity index (χ2v) is 6.71. The molecule has 2 N–H and O–H groups in total. The van der Waals surface area contributed by atoms with Crippen LogP contribution < -0.4 is 4.74 Å². The van der Waals surface area contributed by atoms with Crippen molar-refractivity contribution in [1.29, 1.82) is 0 Å². The molecule has 0 saturated carbocycles. The van der Waals surface area contributed by atoms with Gasteiger partial charge in [0.2, 0.25) is 0 Å². The van der Waals surface area contributed by atoms with Gasteiger partial charge < -0.3 is 19.7 Å². The number of benzene rings is 1. The zero-order valence-electron chi connectivity index (χ0n) is 14.9. The Balaban J connectivity index is 1.88. The molecular weight excluding hydrogens is 322 g/mol. The van der Waals surface area contributed by atoms with E-state index in [-0.39, 0.29) is 6.42 Å². The highest BCUT2D eigenvalue weighted by atomic mass is 16.5. The van der Waals surface area contributed by atoms with Crippen LogP contribution >= 0.6 is 0 Å². The maximum atomic E-state index is 11.0. The Kier molecular flexibility index (Phi) is 7.68. The summed E-state index contributed by atoms with van der Waals surface area (Å²) in [5, 5.41) is 19.6. The van der Waals surface area contributed by atoms with Crippen LogP contribution in [0.25, 0.3) is 0 Å². The number of ether oxygens (including phenoxy) is 2. The topological polar surface area (TPSA) is 79.2 Å². The minimum atomic E-state index is -1.00. The van der Waals surface area contributed by atoms with Crippen molar-refractivity contribution < 1.29 is 24.5 Å². The molecule has 1 saturated heterocycles. The lowest BCUT2D eigenvalue weighted by molar-refractivity contribution is -0.137. The Hall–Kier alpha value is -1.63. The third kappa shape index (κ3) is 6.65. The Morgan fingerprint density at radius 2 is 1.96 bits per heavy atom. The summed E-state index contributed by atoms with van der Waals surface area (Å²) in [6.07, 6.45) is 2.48. The summed E-state index contributed by atoms with van der Waals surface area (Å²) in [6.45, 7) is 5.91. The van der Waals surface area contributed by atoms with E-state index in [4.69, 9.17) is 14.6 Å². The quantitative estimate of drug-likeness (QED) is 0.630. The molecule has 1 atom stereocenters. The summed E-state index contributed by atoms with van der Waals surface area (Å²) < 4.78 is 11.2. The molecule has 1 fully saturated rings. The van der Waals surface area contributed by atoms with E-state index in [2.05, 4.69) is 4.90 Å². The van der Waals surface area contributed by atoms with Crippen LogP contribution in [-0.4, -0.2) is 60.5 Å². The molecule has 6 heteroatoms. The molecule has 1 aliphatic heterocycles. The standard InChI is InChI=1S/C19H29NO5/c1-19(23,15-20-10-13-24-14-11-20)16-7-4-5-8-17(16)25-12-6-2-3-9-18(21)22/h4-5,7-8,23H,2-3,6,9-15H2,1H3,(H,21,22). The Morgan fingerprint density at radius 3 is 2.68 bits per heavy atom. The van der Waals surface area contributed by atoms with Gasteiger partial charge in [0.15, 0.2) is 0 Å². The highest BCUT2D eigenvalue weighted by Crippen LogP contribution is 2.31. The number of aliphatic hydroxyl groups is 1. The van der Waals surface area contributed by atoms with Crippen LogP contribution in [0.4, 0.5) is 0 Å². The van der Waals surface area contributed by atoms with Crippen molar-refractivity contribution in [3.05, 3.63) is 29.8 Å². The minimum Gasteiger partial charge on any atom is -0.493 e. The maximum absolute atomic E-state index is 11.0. The van der Waals surface area contributed by atoms with E-state index in [1.807, 2.05) is 31.2 Å². The first-order valence-corrected chi connectivity index (χ1v) is 8.95. The molecule has 0 aromatic heterocycles. The Bertz CT molecular complexity index is 540. The van der Waals surface area contributed by atoms with E-state index in [1.165, 1.54) is 0 Å². The number of nitrogens with zero attached hydrogens (tertiary/aromatic N) is 1. The molecule has 1 aromatic rings. The monoisotopic (exact) mass is 351 g/mol. The largest absolute Gasteiger partial charge is 0.493 e. The van der Waals surface area contributed by atoms with Crippen LogP contribution in [0, 0.1) is 0 Å². The lowest BCUT2D eigenvalue weighted by Gasteiger charge is -2.34. The molecular formula is C19H29NO5. The third-order valence-corrected chi connectivity index (χ3v) is 4.40. The van der Waals surface area contributed by atoms with Crippen molar-refractivity contribution in [1.82, 2.24) is 4.90 Å². The highest BCUT2D eigenvalue weighted by molar-refractivity contribution is 5.66. The number of rotatable bonds is 10. The fourth-order valence-corrected chi connectivity index (χ4v) is 3.05. The van der Waals surface area contributed by atoms with Gasteiger partial charge in [0.05, 0.1) is 19.8 Å². The van der Waals surface area contributed by atoms with Crippen molar-refractivity contribution in [2.75, 3.05) is 39.5 Å². The average molecular weight is 351 g/mol. The Morgan fingerprint density at radius 1 is 1.24 bits per heavy atom. The zero-order chi connectivity index (χ0) is 18.1. The summed E-state index contributed by atoms with van der Waals surface area (Å²) in [6, 6.07) is 7.58. The number of hydrogen-bond acceptors (Lipinski definition) is 5. The van der Waals surface area contributed by atoms with Crippen LogP contribution in [0.1, 0.15) is 38.2 Å². The minimum absolute atomic E-state index is 0.199. The predicted octanol–water partition coefficient (Wildman–Crippen LogP) is 2.25. The van der Waals surface area contributed by atoms with Crippen LogP contribution in [0.5, 0.6) is 5.75 Å². The number of aliphatic carboxylic acids is 1. The van der Waals surface area contributed by atoms with E-state index < -0.39 is 11.6 Å². The Labute approximate surface area is 149 Å². The van der Waals surface area contributed by atoms with Crippen molar-refractivity contribution in [3.63, 3.8) is 0 Å². The van der Waals surface area contributed by atoms with Crippen LogP contribution in [0.15, 0.2) is 24.3 Å². The van der Waals surface area contributed by atoms with Crippen LogP contribution in [0.2, 0.25) is 0 Å². The normalized spacial score (nSPS) is 17.8. The number of morpholine rings is 1. The first-order valence-electron chi connectivity index (χ1n) is 8.95. The molecule has 0 bridgehead atoms. The molecule has 0 radical (unpaired) electrons. The van der Waals surface area contributed by atoms with Gasteiger partial charge >= 0.3 is 5.97 Å². The second kappa shape index (κ2) is 9.75. The molecule has 0 amide bonds. The molecule has 0 spiro atoms. The van der Waals surface area contributed by atoms with Gasteiger partial charge in [-0.15, -0.1) is 0 Å². The molecule has 2 rings (SSSR count). The lowest BCUT2D eigenvalue weighted by Crippen LogP contribution is -2.44. The summed E-state index contributed by atoms with van der Waals surface area (Å²) in [7, 11) is 0. The fraction of sp³-hybridized carbons (Fsp3) is 0.632. The summed E-state index contributed by atoms with van der Waals surface area (Å²) in [5.74, 6) is -0.0654. The highest BCUT2D eigenvalue weighted by Gasteiger charge is 2.30. The summed E-state index contributed by atoms with van der Waals surface area (Å²) >= 11 is 0. The molecule has 1 heterocycles. The van der Waals surface area contributed by atoms with Crippen LogP contribution in [0.3, 0.4) is 0 Å². The molecule has 25 heavy (non-hydrogen) atoms. The van der Waals surface area contributed by atoms with E-state index in [1.54, 1.807) is 0 Å². The number of carbonyl (C=O) groups is 1. The van der Waals surface area contributed by atoms with Gasteiger partial charge in [-0.05, 0) is 32.3 Å². The number of hydrogen-bond donors (Lipinski definition) is 2. The fourth-order valence-electron chi connectivity index (χ4n) is 3.05. The lowest BCUT2D eigenvalue weighted by atomic mass is 9.94. The van der Waals surface area contributed by atoms with Gasteiger partial charge in [-0.2, -0.15) is 0 Å². The van der Waals surface area contributed by atoms with Crippen molar-refractivity contribution >= 4 is 5.97 Å². The number of carboxylic acid groups (broad SMARTS) is 1. The smallest absolute Gasteiger partial charge is 0.303 e. The van der Waals surface area contributed by atoms with Gasteiger partial charge in [-0.25, -0.2) is 0 Å². The molecule has 0 aliphatic carbocycles. The number of para-hydroxylation sites is 1. The number of carboxylic acids is 1. The first-order chi connectivity index (χ1) is 12.0. The zero-order valence-corrected chi connectivity index (χ0v) is 14.9. The van der Waals surface area contributed by atoms with Gasteiger partial charge in [0.1, 0.15) is 11.4 Å². The van der Waals surface area contributed by atoms with Crippen molar-refractivity contribution in [2.24, 2.45) is 0 Å². The van der Waals surface area contributed by atoms with Crippen molar-refractivity contribution in [2.45, 2.75) is 38.2 Å². The second-order valence-electron chi connectivity index (χ2n) is 6.71. The maximum Gasteiger partial charge on any atom is 0.303 e. The van der Waals surface area contributed by atoms with Gasteiger partial charge in [0, 0.05) is 31.6 Å². The van der Waals surface area contributed by atoms with E-state index in [9.17, 15) is 9.90 Å². The van der Waals surface area contributed by atoms with Crippen molar-refractivity contribution in [3.8, 4) is 5.75 Å². The molecule has 140 valence electrons. The molecule has 6 nitrogen and oxygen atoms in total. The summed E-state index contributed by atoms with van der Waals surface area (Å²) in [5.41, 5.74) is -0.218. The molecule has 1 aromatic carbocycles. The number of unbranched alkanes of at least 4 members (excludes halogenated alkanes) is 2. The average Bonchev–Trinajstić information content (AvgIpc) is 2.58. The van der Waals surface area contributed by atoms with E-state index >= 15 is 0 Å².